The van der Waals surface area contributed by atoms with Crippen molar-refractivity contribution >= 4 is 28.3 Å². The van der Waals surface area contributed by atoms with Gasteiger partial charge in [0.15, 0.2) is 5.75 Å². The first-order valence-electron chi connectivity index (χ1n) is 4.35. The van der Waals surface area contributed by atoms with Crippen LogP contribution in [0.15, 0.2) is 30.7 Å². The molecule has 0 unspecified atom stereocenters. The summed E-state index contributed by atoms with van der Waals surface area (Å²) in [6.07, 6.45) is 2.95. The minimum absolute atomic E-state index is 0.247. The van der Waals surface area contributed by atoms with E-state index in [9.17, 15) is 4.39 Å². The van der Waals surface area contributed by atoms with E-state index in [1.54, 1.807) is 6.20 Å². The van der Waals surface area contributed by atoms with Gasteiger partial charge in [-0.15, -0.1) is 0 Å². The van der Waals surface area contributed by atoms with Crippen LogP contribution in [0.4, 0.5) is 10.1 Å². The number of nitrogens with zero attached hydrogens (tertiary/aromatic N) is 2. The lowest BCUT2D eigenvalue weighted by atomic mass is 10.3. The number of nitrogens with two attached hydrogens (primary N) is 1. The fourth-order valence-electron chi connectivity index (χ4n) is 1.08. The number of nitrogen functional groups attached to an aromatic ring is 1. The third-order valence-electron chi connectivity index (χ3n) is 1.82. The molecule has 1 heterocycles. The molecular formula is C10H7FIN3O. The second kappa shape index (κ2) is 4.60. The van der Waals surface area contributed by atoms with E-state index in [0.29, 0.717) is 11.6 Å². The minimum atomic E-state index is -0.409. The molecule has 0 amide bonds. The van der Waals surface area contributed by atoms with Gasteiger partial charge in [-0.1, -0.05) is 0 Å². The molecule has 0 radical (unpaired) electrons. The lowest BCUT2D eigenvalue weighted by Gasteiger charge is -2.08. The first kappa shape index (κ1) is 11.1. The van der Waals surface area contributed by atoms with Gasteiger partial charge in [0.25, 0.3) is 0 Å². The van der Waals surface area contributed by atoms with Crippen molar-refractivity contribution in [2.45, 2.75) is 0 Å². The summed E-state index contributed by atoms with van der Waals surface area (Å²) < 4.78 is 19.1. The van der Waals surface area contributed by atoms with Crippen LogP contribution >= 0.6 is 22.6 Å². The first-order valence-corrected chi connectivity index (χ1v) is 5.43. The maximum Gasteiger partial charge on any atom is 0.235 e. The van der Waals surface area contributed by atoms with E-state index in [-0.39, 0.29) is 5.75 Å². The van der Waals surface area contributed by atoms with Gasteiger partial charge in [0.1, 0.15) is 12.1 Å². The Labute approximate surface area is 105 Å². The Kier molecular flexibility index (Phi) is 3.18. The number of ether oxygens (including phenoxy) is 1. The molecule has 0 saturated heterocycles. The smallest absolute Gasteiger partial charge is 0.235 e. The average Bonchev–Trinajstić information content (AvgIpc) is 2.27. The zero-order valence-corrected chi connectivity index (χ0v) is 10.2. The molecule has 2 rings (SSSR count). The van der Waals surface area contributed by atoms with Crippen molar-refractivity contribution in [1.82, 2.24) is 9.97 Å². The predicted molar refractivity (Wildman–Crippen MR) is 65.6 cm³/mol. The minimum Gasteiger partial charge on any atom is -0.436 e. The molecule has 4 nitrogen and oxygen atoms in total. The maximum absolute atomic E-state index is 13.0. The summed E-state index contributed by atoms with van der Waals surface area (Å²) >= 11 is 2.02. The van der Waals surface area contributed by atoms with Crippen LogP contribution in [0.5, 0.6) is 11.6 Å². The van der Waals surface area contributed by atoms with Gasteiger partial charge in [-0.05, 0) is 34.7 Å². The summed E-state index contributed by atoms with van der Waals surface area (Å²) in [5.74, 6) is 0.192. The van der Waals surface area contributed by atoms with Gasteiger partial charge < -0.3 is 10.5 Å². The summed E-state index contributed by atoms with van der Waals surface area (Å²) in [7, 11) is 0. The molecule has 82 valence electrons. The number of hydrogen-bond acceptors (Lipinski definition) is 4. The molecule has 0 bridgehead atoms. The molecule has 0 saturated carbocycles. The van der Waals surface area contributed by atoms with Crippen LogP contribution in [0.3, 0.4) is 0 Å². The van der Waals surface area contributed by atoms with Crippen molar-refractivity contribution in [3.63, 3.8) is 0 Å². The fraction of sp³-hybridized carbons (Fsp3) is 0. The van der Waals surface area contributed by atoms with Crippen LogP contribution in [0, 0.1) is 9.39 Å². The van der Waals surface area contributed by atoms with Crippen LogP contribution in [0.25, 0.3) is 0 Å². The van der Waals surface area contributed by atoms with Crippen molar-refractivity contribution < 1.29 is 9.13 Å². The second-order valence-electron chi connectivity index (χ2n) is 2.96. The zero-order chi connectivity index (χ0) is 11.5. The molecule has 0 aliphatic carbocycles. The number of halogens is 2. The van der Waals surface area contributed by atoms with Crippen LogP contribution in [0.2, 0.25) is 0 Å². The Morgan fingerprint density at radius 3 is 2.94 bits per heavy atom. The molecule has 0 spiro atoms. The van der Waals surface area contributed by atoms with Gasteiger partial charge in [0.05, 0.1) is 9.26 Å². The molecule has 1 aromatic heterocycles. The molecule has 0 aliphatic rings. The second-order valence-corrected chi connectivity index (χ2v) is 4.12. The topological polar surface area (TPSA) is 61.0 Å². The van der Waals surface area contributed by atoms with Crippen LogP contribution < -0.4 is 10.5 Å². The summed E-state index contributed by atoms with van der Waals surface area (Å²) in [4.78, 5) is 7.75. The zero-order valence-electron chi connectivity index (χ0n) is 8.02. The molecule has 1 aromatic carbocycles. The molecule has 0 atom stereocenters. The average molecular weight is 331 g/mol. The SMILES string of the molecule is Nc1ccc(F)cc1Oc1ncncc1I. The van der Waals surface area contributed by atoms with Crippen LogP contribution in [-0.2, 0) is 0 Å². The van der Waals surface area contributed by atoms with Crippen molar-refractivity contribution in [3.8, 4) is 11.6 Å². The summed E-state index contributed by atoms with van der Waals surface area (Å²) in [6, 6.07) is 3.93. The highest BCUT2D eigenvalue weighted by atomic mass is 127. The molecule has 2 N–H and O–H groups in total. The van der Waals surface area contributed by atoms with E-state index in [0.717, 1.165) is 3.57 Å². The predicted octanol–water partition coefficient (Wildman–Crippen LogP) is 2.59. The van der Waals surface area contributed by atoms with Crippen LogP contribution in [-0.4, -0.2) is 9.97 Å². The number of rotatable bonds is 2. The monoisotopic (exact) mass is 331 g/mol. The standard InChI is InChI=1S/C10H7FIN3O/c11-6-1-2-8(13)9(3-6)16-10-7(12)4-14-5-15-10/h1-5H,13H2. The van der Waals surface area contributed by atoms with Crippen molar-refractivity contribution in [2.75, 3.05) is 5.73 Å². The van der Waals surface area contributed by atoms with Crippen molar-refractivity contribution in [3.05, 3.63) is 40.1 Å². The molecule has 2 aromatic rings. The van der Waals surface area contributed by atoms with E-state index in [4.69, 9.17) is 10.5 Å². The number of aromatic nitrogens is 2. The Bertz CT molecular complexity index is 521. The molecule has 0 aliphatic heterocycles. The first-order chi connectivity index (χ1) is 7.66. The van der Waals surface area contributed by atoms with Gasteiger partial charge in [-0.25, -0.2) is 14.4 Å². The largest absolute Gasteiger partial charge is 0.436 e. The van der Waals surface area contributed by atoms with E-state index in [1.165, 1.54) is 24.5 Å². The summed E-state index contributed by atoms with van der Waals surface area (Å²) in [5.41, 5.74) is 6.01. The van der Waals surface area contributed by atoms with E-state index in [1.807, 2.05) is 22.6 Å². The van der Waals surface area contributed by atoms with E-state index < -0.39 is 5.82 Å². The highest BCUT2D eigenvalue weighted by Gasteiger charge is 2.07. The number of benzene rings is 1. The molecular weight excluding hydrogens is 324 g/mol. The van der Waals surface area contributed by atoms with Crippen molar-refractivity contribution in [1.29, 1.82) is 0 Å². The third kappa shape index (κ3) is 2.38. The highest BCUT2D eigenvalue weighted by Crippen LogP contribution is 2.28. The summed E-state index contributed by atoms with van der Waals surface area (Å²) in [5, 5.41) is 0. The van der Waals surface area contributed by atoms with E-state index in [2.05, 4.69) is 9.97 Å². The van der Waals surface area contributed by atoms with Gasteiger partial charge in [0, 0.05) is 12.3 Å². The Morgan fingerprint density at radius 1 is 1.38 bits per heavy atom. The van der Waals surface area contributed by atoms with Crippen molar-refractivity contribution in [2.24, 2.45) is 0 Å². The summed E-state index contributed by atoms with van der Waals surface area (Å²) in [6.45, 7) is 0. The normalized spacial score (nSPS) is 10.1. The number of anilines is 1. The molecule has 0 fully saturated rings. The maximum atomic E-state index is 13.0. The molecule has 16 heavy (non-hydrogen) atoms. The lowest BCUT2D eigenvalue weighted by molar-refractivity contribution is 0.455. The van der Waals surface area contributed by atoms with Gasteiger partial charge in [-0.2, -0.15) is 0 Å². The highest BCUT2D eigenvalue weighted by molar-refractivity contribution is 14.1. The van der Waals surface area contributed by atoms with E-state index >= 15 is 0 Å². The Morgan fingerprint density at radius 2 is 2.19 bits per heavy atom. The van der Waals surface area contributed by atoms with Gasteiger partial charge in [-0.3, -0.25) is 0 Å². The van der Waals surface area contributed by atoms with Gasteiger partial charge in [0.2, 0.25) is 5.88 Å². The fourth-order valence-corrected chi connectivity index (χ4v) is 1.49. The van der Waals surface area contributed by atoms with Gasteiger partial charge >= 0.3 is 0 Å². The van der Waals surface area contributed by atoms with Crippen LogP contribution in [0.1, 0.15) is 0 Å². The quantitative estimate of drug-likeness (QED) is 0.679. The number of hydrogen-bond donors (Lipinski definition) is 1. The molecule has 6 heteroatoms. The Hall–Kier alpha value is -1.44. The lowest BCUT2D eigenvalue weighted by Crippen LogP contribution is -1.96. The third-order valence-corrected chi connectivity index (χ3v) is 2.56. The Balaban J connectivity index is 2.34.